The third-order valence-electron chi connectivity index (χ3n) is 4.81. The second-order valence-electron chi connectivity index (χ2n) is 6.95. The Labute approximate surface area is 169 Å². The Balaban J connectivity index is 1.46. The number of amides is 1. The van der Waals surface area contributed by atoms with Crippen LogP contribution in [-0.2, 0) is 0 Å². The van der Waals surface area contributed by atoms with Crippen molar-refractivity contribution >= 4 is 17.5 Å². The fourth-order valence-corrected chi connectivity index (χ4v) is 3.47. The van der Waals surface area contributed by atoms with E-state index in [1.165, 1.54) is 12.1 Å². The van der Waals surface area contributed by atoms with Crippen molar-refractivity contribution < 1.29 is 19.0 Å². The number of ether oxygens (including phenoxy) is 1. The van der Waals surface area contributed by atoms with Gasteiger partial charge >= 0.3 is 0 Å². The highest BCUT2D eigenvalue weighted by Crippen LogP contribution is 2.20. The second-order valence-corrected chi connectivity index (χ2v) is 7.35. The minimum Gasteiger partial charge on any atom is -0.491 e. The molecule has 1 N–H and O–H groups in total. The third kappa shape index (κ3) is 5.22. The molecule has 2 aromatic rings. The molecule has 0 saturated carbocycles. The number of aliphatic hydroxyl groups is 1. The minimum atomic E-state index is -0.617. The van der Waals surface area contributed by atoms with Crippen molar-refractivity contribution in [2.24, 2.45) is 0 Å². The van der Waals surface area contributed by atoms with E-state index in [0.717, 1.165) is 17.4 Å². The summed E-state index contributed by atoms with van der Waals surface area (Å²) >= 11 is 5.99. The average molecular weight is 407 g/mol. The van der Waals surface area contributed by atoms with Gasteiger partial charge in [-0.25, -0.2) is 4.39 Å². The lowest BCUT2D eigenvalue weighted by Gasteiger charge is -2.35. The van der Waals surface area contributed by atoms with Gasteiger partial charge in [0.15, 0.2) is 0 Å². The average Bonchev–Trinajstić information content (AvgIpc) is 2.67. The topological polar surface area (TPSA) is 53.0 Å². The smallest absolute Gasteiger partial charge is 0.255 e. The molecule has 150 valence electrons. The summed E-state index contributed by atoms with van der Waals surface area (Å²) in [7, 11) is 0. The zero-order valence-corrected chi connectivity index (χ0v) is 16.5. The predicted octanol–water partition coefficient (Wildman–Crippen LogP) is 2.99. The van der Waals surface area contributed by atoms with Crippen LogP contribution in [0.1, 0.15) is 15.9 Å². The van der Waals surface area contributed by atoms with Crippen LogP contribution in [0.15, 0.2) is 42.5 Å². The van der Waals surface area contributed by atoms with Crippen molar-refractivity contribution in [1.29, 1.82) is 0 Å². The van der Waals surface area contributed by atoms with Gasteiger partial charge in [0.2, 0.25) is 0 Å². The summed E-state index contributed by atoms with van der Waals surface area (Å²) in [5.74, 6) is 0.106. The number of aliphatic hydroxyl groups excluding tert-OH is 1. The van der Waals surface area contributed by atoms with E-state index in [0.29, 0.717) is 38.3 Å². The summed E-state index contributed by atoms with van der Waals surface area (Å²) in [6.45, 7) is 5.00. The molecule has 1 aliphatic rings. The van der Waals surface area contributed by atoms with Crippen molar-refractivity contribution in [1.82, 2.24) is 9.80 Å². The van der Waals surface area contributed by atoms with E-state index in [2.05, 4.69) is 4.90 Å². The molecular formula is C21H24ClFN2O3. The van der Waals surface area contributed by atoms with Crippen LogP contribution in [0.3, 0.4) is 0 Å². The number of rotatable bonds is 6. The van der Waals surface area contributed by atoms with Gasteiger partial charge in [0.05, 0.1) is 10.6 Å². The Kier molecular flexibility index (Phi) is 6.88. The molecule has 1 aliphatic heterocycles. The number of carbonyl (C=O) groups excluding carboxylic acids is 1. The number of carbonyl (C=O) groups is 1. The predicted molar refractivity (Wildman–Crippen MR) is 106 cm³/mol. The molecule has 1 fully saturated rings. The molecular weight excluding hydrogens is 383 g/mol. The fourth-order valence-electron chi connectivity index (χ4n) is 3.22. The first-order chi connectivity index (χ1) is 13.4. The maximum Gasteiger partial charge on any atom is 0.255 e. The highest BCUT2D eigenvalue weighted by molar-refractivity contribution is 6.33. The van der Waals surface area contributed by atoms with Gasteiger partial charge in [-0.1, -0.05) is 29.8 Å². The maximum absolute atomic E-state index is 13.2. The molecule has 0 bridgehead atoms. The number of hydrogen-bond acceptors (Lipinski definition) is 4. The minimum absolute atomic E-state index is 0.121. The number of benzene rings is 2. The molecule has 0 radical (unpaired) electrons. The largest absolute Gasteiger partial charge is 0.491 e. The molecule has 1 amide bonds. The number of β-amino-alcohol motifs (C(OH)–C–C–N with tert-alkyl or cyclic N) is 1. The van der Waals surface area contributed by atoms with Crippen LogP contribution in [0, 0.1) is 12.7 Å². The molecule has 0 spiro atoms. The van der Waals surface area contributed by atoms with Crippen molar-refractivity contribution in [3.63, 3.8) is 0 Å². The summed E-state index contributed by atoms with van der Waals surface area (Å²) in [6.07, 6.45) is -0.617. The SMILES string of the molecule is Cc1ccccc1OCC(O)CN1CCN(C(=O)c2ccc(F)cc2Cl)CC1. The fraction of sp³-hybridized carbons (Fsp3) is 0.381. The van der Waals surface area contributed by atoms with E-state index < -0.39 is 11.9 Å². The summed E-state index contributed by atoms with van der Waals surface area (Å²) < 4.78 is 18.9. The molecule has 2 aromatic carbocycles. The Bertz CT molecular complexity index is 825. The Morgan fingerprint density at radius 2 is 1.93 bits per heavy atom. The highest BCUT2D eigenvalue weighted by Gasteiger charge is 2.25. The Morgan fingerprint density at radius 3 is 2.61 bits per heavy atom. The zero-order chi connectivity index (χ0) is 20.1. The monoisotopic (exact) mass is 406 g/mol. The van der Waals surface area contributed by atoms with E-state index in [4.69, 9.17) is 16.3 Å². The van der Waals surface area contributed by atoms with Crippen molar-refractivity contribution in [2.75, 3.05) is 39.3 Å². The maximum atomic E-state index is 13.2. The van der Waals surface area contributed by atoms with E-state index in [9.17, 15) is 14.3 Å². The molecule has 1 atom stereocenters. The summed E-state index contributed by atoms with van der Waals surface area (Å²) in [5, 5.41) is 10.4. The molecule has 28 heavy (non-hydrogen) atoms. The van der Waals surface area contributed by atoms with Crippen LogP contribution in [-0.4, -0.2) is 66.2 Å². The van der Waals surface area contributed by atoms with Crippen molar-refractivity contribution in [2.45, 2.75) is 13.0 Å². The van der Waals surface area contributed by atoms with Gasteiger partial charge in [-0.2, -0.15) is 0 Å². The van der Waals surface area contributed by atoms with Gasteiger partial charge in [-0.3, -0.25) is 9.69 Å². The zero-order valence-electron chi connectivity index (χ0n) is 15.8. The van der Waals surface area contributed by atoms with Gasteiger partial charge in [-0.15, -0.1) is 0 Å². The van der Waals surface area contributed by atoms with Crippen LogP contribution in [0.25, 0.3) is 0 Å². The molecule has 1 saturated heterocycles. The lowest BCUT2D eigenvalue weighted by molar-refractivity contribution is 0.0403. The summed E-state index contributed by atoms with van der Waals surface area (Å²) in [6, 6.07) is 11.5. The highest BCUT2D eigenvalue weighted by atomic mass is 35.5. The summed E-state index contributed by atoms with van der Waals surface area (Å²) in [4.78, 5) is 16.4. The Morgan fingerprint density at radius 1 is 1.21 bits per heavy atom. The lowest BCUT2D eigenvalue weighted by atomic mass is 10.1. The lowest BCUT2D eigenvalue weighted by Crippen LogP contribution is -2.51. The van der Waals surface area contributed by atoms with Crippen molar-refractivity contribution in [3.8, 4) is 5.75 Å². The number of para-hydroxylation sites is 1. The van der Waals surface area contributed by atoms with Gasteiger partial charge < -0.3 is 14.7 Å². The molecule has 1 unspecified atom stereocenters. The van der Waals surface area contributed by atoms with Crippen LogP contribution < -0.4 is 4.74 Å². The molecule has 5 nitrogen and oxygen atoms in total. The standard InChI is InChI=1S/C21H24ClFN2O3/c1-15-4-2-3-5-20(15)28-14-17(26)13-24-8-10-25(11-9-24)21(27)18-7-6-16(23)12-19(18)22/h2-7,12,17,26H,8-11,13-14H2,1H3. The van der Waals surface area contributed by atoms with Gasteiger partial charge in [-0.05, 0) is 36.8 Å². The molecule has 0 aromatic heterocycles. The first kappa shape index (κ1) is 20.6. The second kappa shape index (κ2) is 9.37. The van der Waals surface area contributed by atoms with E-state index >= 15 is 0 Å². The quantitative estimate of drug-likeness (QED) is 0.801. The number of piperazine rings is 1. The molecule has 1 heterocycles. The third-order valence-corrected chi connectivity index (χ3v) is 5.13. The number of nitrogens with zero attached hydrogens (tertiary/aromatic N) is 2. The van der Waals surface area contributed by atoms with Crippen molar-refractivity contribution in [3.05, 3.63) is 64.4 Å². The first-order valence-electron chi connectivity index (χ1n) is 9.27. The van der Waals surface area contributed by atoms with E-state index in [-0.39, 0.29) is 17.5 Å². The van der Waals surface area contributed by atoms with E-state index in [1.807, 2.05) is 31.2 Å². The number of halogens is 2. The van der Waals surface area contributed by atoms with Gasteiger partial charge in [0.25, 0.3) is 5.91 Å². The number of aryl methyl sites for hydroxylation is 1. The van der Waals surface area contributed by atoms with Crippen LogP contribution >= 0.6 is 11.6 Å². The Hall–Kier alpha value is -2.15. The van der Waals surface area contributed by atoms with E-state index in [1.54, 1.807) is 4.90 Å². The number of hydrogen-bond donors (Lipinski definition) is 1. The van der Waals surface area contributed by atoms with Crippen LogP contribution in [0.4, 0.5) is 4.39 Å². The van der Waals surface area contributed by atoms with Gasteiger partial charge in [0, 0.05) is 32.7 Å². The molecule has 7 heteroatoms. The molecule has 3 rings (SSSR count). The first-order valence-corrected chi connectivity index (χ1v) is 9.65. The molecule has 0 aliphatic carbocycles. The summed E-state index contributed by atoms with van der Waals surface area (Å²) in [5.41, 5.74) is 1.34. The van der Waals surface area contributed by atoms with Gasteiger partial charge in [0.1, 0.15) is 24.3 Å². The van der Waals surface area contributed by atoms with Crippen LogP contribution in [0.2, 0.25) is 5.02 Å². The van der Waals surface area contributed by atoms with Crippen LogP contribution in [0.5, 0.6) is 5.75 Å². The normalized spacial score (nSPS) is 16.1.